The van der Waals surface area contributed by atoms with Gasteiger partial charge >= 0.3 is 0 Å². The van der Waals surface area contributed by atoms with Gasteiger partial charge in [-0.15, -0.1) is 0 Å². The molecule has 3 heteroatoms. The van der Waals surface area contributed by atoms with E-state index in [1.165, 1.54) is 0 Å². The first-order chi connectivity index (χ1) is 10.7. The molecule has 0 radical (unpaired) electrons. The second-order valence-corrected chi connectivity index (χ2v) is 5.55. The van der Waals surface area contributed by atoms with Gasteiger partial charge in [-0.05, 0) is 30.5 Å². The highest BCUT2D eigenvalue weighted by Crippen LogP contribution is 2.28. The van der Waals surface area contributed by atoms with Crippen LogP contribution in [0.25, 0.3) is 11.1 Å². The van der Waals surface area contributed by atoms with Gasteiger partial charge in [0.15, 0.2) is 0 Å². The van der Waals surface area contributed by atoms with Gasteiger partial charge in [-0.2, -0.15) is 0 Å². The van der Waals surface area contributed by atoms with Gasteiger partial charge in [0, 0.05) is 12.7 Å². The highest BCUT2D eigenvalue weighted by Gasteiger charge is 2.27. The minimum absolute atomic E-state index is 0.0707. The van der Waals surface area contributed by atoms with Crippen molar-refractivity contribution >= 4 is 5.91 Å². The molecule has 0 saturated carbocycles. The fourth-order valence-corrected chi connectivity index (χ4v) is 3.00. The van der Waals surface area contributed by atoms with E-state index in [9.17, 15) is 4.79 Å². The van der Waals surface area contributed by atoms with Gasteiger partial charge < -0.3 is 4.90 Å². The number of benzene rings is 1. The maximum absolute atomic E-state index is 13.1. The van der Waals surface area contributed by atoms with Crippen LogP contribution in [0.5, 0.6) is 0 Å². The molecule has 2 aromatic rings. The molecule has 2 heterocycles. The number of carbonyl (C=O) groups excluding carboxylic acids is 1. The van der Waals surface area contributed by atoms with Crippen LogP contribution in [0, 0.1) is 6.92 Å². The molecule has 0 fully saturated rings. The smallest absolute Gasteiger partial charge is 0.257 e. The van der Waals surface area contributed by atoms with Crippen LogP contribution in [0.1, 0.15) is 29.4 Å². The zero-order valence-corrected chi connectivity index (χ0v) is 13.0. The third-order valence-corrected chi connectivity index (χ3v) is 4.18. The Morgan fingerprint density at radius 1 is 1.27 bits per heavy atom. The fraction of sp³-hybridized carbons (Fsp3) is 0.263. The number of carbonyl (C=O) groups is 1. The van der Waals surface area contributed by atoms with E-state index in [1.807, 2.05) is 48.2 Å². The molecule has 0 saturated heterocycles. The molecule has 22 heavy (non-hydrogen) atoms. The Balaban J connectivity index is 2.05. The topological polar surface area (TPSA) is 33.2 Å². The normalized spacial score (nSPS) is 17.0. The number of rotatable bonds is 3. The lowest BCUT2D eigenvalue weighted by molar-refractivity contribution is 0.0747. The van der Waals surface area contributed by atoms with Crippen LogP contribution in [-0.2, 0) is 0 Å². The third-order valence-electron chi connectivity index (χ3n) is 4.18. The summed E-state index contributed by atoms with van der Waals surface area (Å²) in [6.45, 7) is 4.69. The molecular weight excluding hydrogens is 272 g/mol. The summed E-state index contributed by atoms with van der Waals surface area (Å²) in [6, 6.07) is 12.2. The summed E-state index contributed by atoms with van der Waals surface area (Å²) in [4.78, 5) is 19.3. The Labute approximate surface area is 131 Å². The predicted octanol–water partition coefficient (Wildman–Crippen LogP) is 3.85. The number of pyridine rings is 1. The number of hydrogen-bond acceptors (Lipinski definition) is 2. The van der Waals surface area contributed by atoms with Crippen LogP contribution in [0.15, 0.2) is 54.7 Å². The van der Waals surface area contributed by atoms with Crippen molar-refractivity contribution in [2.75, 3.05) is 6.54 Å². The van der Waals surface area contributed by atoms with E-state index in [1.54, 1.807) is 6.20 Å². The molecule has 112 valence electrons. The molecule has 1 atom stereocenters. The molecule has 3 rings (SSSR count). The van der Waals surface area contributed by atoms with Gasteiger partial charge in [0.05, 0.1) is 17.3 Å². The number of hydrogen-bond donors (Lipinski definition) is 0. The Morgan fingerprint density at radius 2 is 2.05 bits per heavy atom. The molecule has 1 amide bonds. The van der Waals surface area contributed by atoms with Crippen LogP contribution in [0.4, 0.5) is 0 Å². The maximum atomic E-state index is 13.1. The lowest BCUT2D eigenvalue weighted by Gasteiger charge is -2.25. The third kappa shape index (κ3) is 2.54. The van der Waals surface area contributed by atoms with Crippen LogP contribution >= 0.6 is 0 Å². The predicted molar refractivity (Wildman–Crippen MR) is 88.7 cm³/mol. The van der Waals surface area contributed by atoms with Crippen molar-refractivity contribution in [3.05, 3.63) is 66.0 Å². The Kier molecular flexibility index (Phi) is 4.05. The fourth-order valence-electron chi connectivity index (χ4n) is 3.00. The molecule has 0 spiro atoms. The molecule has 0 unspecified atom stereocenters. The first-order valence-electron chi connectivity index (χ1n) is 7.71. The highest BCUT2D eigenvalue weighted by molar-refractivity contribution is 6.02. The number of aryl methyl sites for hydroxylation is 1. The lowest BCUT2D eigenvalue weighted by Crippen LogP contribution is -2.36. The minimum atomic E-state index is 0.0707. The zero-order chi connectivity index (χ0) is 15.5. The first kappa shape index (κ1) is 14.5. The van der Waals surface area contributed by atoms with Crippen molar-refractivity contribution in [2.24, 2.45) is 0 Å². The Hall–Kier alpha value is -2.42. The summed E-state index contributed by atoms with van der Waals surface area (Å²) < 4.78 is 0. The first-order valence-corrected chi connectivity index (χ1v) is 7.71. The second kappa shape index (κ2) is 6.14. The largest absolute Gasteiger partial charge is 0.328 e. The van der Waals surface area contributed by atoms with E-state index in [-0.39, 0.29) is 11.9 Å². The van der Waals surface area contributed by atoms with E-state index in [0.29, 0.717) is 6.54 Å². The SMILES string of the molecule is CC[C@@H]1C=CCN1C(=O)c1c(-c2ccccc2)ccnc1C. The van der Waals surface area contributed by atoms with Crippen molar-refractivity contribution in [3.63, 3.8) is 0 Å². The highest BCUT2D eigenvalue weighted by atomic mass is 16.2. The molecule has 0 bridgehead atoms. The van der Waals surface area contributed by atoms with Gasteiger partial charge in [-0.3, -0.25) is 9.78 Å². The van der Waals surface area contributed by atoms with E-state index in [4.69, 9.17) is 0 Å². The molecule has 1 aromatic heterocycles. The Morgan fingerprint density at radius 3 is 2.77 bits per heavy atom. The summed E-state index contributed by atoms with van der Waals surface area (Å²) >= 11 is 0. The minimum Gasteiger partial charge on any atom is -0.328 e. The quantitative estimate of drug-likeness (QED) is 0.805. The van der Waals surface area contributed by atoms with Crippen LogP contribution in [0.3, 0.4) is 0 Å². The summed E-state index contributed by atoms with van der Waals surface area (Å²) in [5.74, 6) is 0.0707. The summed E-state index contributed by atoms with van der Waals surface area (Å²) in [5.41, 5.74) is 3.51. The van der Waals surface area contributed by atoms with Crippen molar-refractivity contribution in [3.8, 4) is 11.1 Å². The number of amides is 1. The van der Waals surface area contributed by atoms with E-state index in [2.05, 4.69) is 24.1 Å². The van der Waals surface area contributed by atoms with Crippen LogP contribution in [-0.4, -0.2) is 28.4 Å². The van der Waals surface area contributed by atoms with Crippen molar-refractivity contribution in [1.29, 1.82) is 0 Å². The summed E-state index contributed by atoms with van der Waals surface area (Å²) in [6.07, 6.45) is 6.89. The molecule has 0 N–H and O–H groups in total. The molecular formula is C19H20N2O. The van der Waals surface area contributed by atoms with Crippen molar-refractivity contribution in [1.82, 2.24) is 9.88 Å². The molecule has 1 aliphatic rings. The number of aromatic nitrogens is 1. The van der Waals surface area contributed by atoms with E-state index in [0.717, 1.165) is 28.8 Å². The Bertz CT molecular complexity index is 707. The van der Waals surface area contributed by atoms with Crippen LogP contribution in [0.2, 0.25) is 0 Å². The van der Waals surface area contributed by atoms with Gasteiger partial charge in [0.2, 0.25) is 0 Å². The number of nitrogens with zero attached hydrogens (tertiary/aromatic N) is 2. The molecule has 1 aliphatic heterocycles. The van der Waals surface area contributed by atoms with Gasteiger partial charge in [-0.25, -0.2) is 0 Å². The standard InChI is InChI=1S/C19H20N2O/c1-3-16-10-7-13-21(16)19(22)18-14(2)20-12-11-17(18)15-8-5-4-6-9-15/h4-12,16H,3,13H2,1-2H3/t16-/m1/s1. The van der Waals surface area contributed by atoms with Gasteiger partial charge in [0.1, 0.15) is 0 Å². The molecule has 3 nitrogen and oxygen atoms in total. The maximum Gasteiger partial charge on any atom is 0.257 e. The lowest BCUT2D eigenvalue weighted by atomic mass is 9.98. The summed E-state index contributed by atoms with van der Waals surface area (Å²) in [5, 5.41) is 0. The zero-order valence-electron chi connectivity index (χ0n) is 13.0. The monoisotopic (exact) mass is 292 g/mol. The molecule has 0 aliphatic carbocycles. The second-order valence-electron chi connectivity index (χ2n) is 5.55. The van der Waals surface area contributed by atoms with Gasteiger partial charge in [-0.1, -0.05) is 49.4 Å². The van der Waals surface area contributed by atoms with Crippen molar-refractivity contribution < 1.29 is 4.79 Å². The van der Waals surface area contributed by atoms with Gasteiger partial charge in [0.25, 0.3) is 5.91 Å². The average molecular weight is 292 g/mol. The van der Waals surface area contributed by atoms with E-state index >= 15 is 0 Å². The molecule has 1 aromatic carbocycles. The summed E-state index contributed by atoms with van der Waals surface area (Å²) in [7, 11) is 0. The van der Waals surface area contributed by atoms with Crippen LogP contribution < -0.4 is 0 Å². The van der Waals surface area contributed by atoms with E-state index < -0.39 is 0 Å². The average Bonchev–Trinajstić information content (AvgIpc) is 3.03. The van der Waals surface area contributed by atoms with Crippen molar-refractivity contribution in [2.45, 2.75) is 26.3 Å².